The number of rotatable bonds is 7. The highest BCUT2D eigenvalue weighted by molar-refractivity contribution is 5.60. The molecular formula is C10H15N3O3. The van der Waals surface area contributed by atoms with E-state index in [4.69, 9.17) is 5.11 Å². The fourth-order valence-electron chi connectivity index (χ4n) is 1.27. The Morgan fingerprint density at radius 2 is 2.00 bits per heavy atom. The Hall–Kier alpha value is -1.66. The first kappa shape index (κ1) is 12.4. The van der Waals surface area contributed by atoms with Gasteiger partial charge in [0.2, 0.25) is 0 Å². The van der Waals surface area contributed by atoms with Crippen molar-refractivity contribution in [3.8, 4) is 0 Å². The van der Waals surface area contributed by atoms with Gasteiger partial charge in [-0.05, 0) is 6.07 Å². The van der Waals surface area contributed by atoms with Gasteiger partial charge in [0, 0.05) is 25.7 Å². The average Bonchev–Trinajstić information content (AvgIpc) is 2.29. The number of aliphatic hydroxyl groups is 1. The molecule has 6 nitrogen and oxygen atoms in total. The van der Waals surface area contributed by atoms with Crippen LogP contribution in [0.15, 0.2) is 24.3 Å². The second kappa shape index (κ2) is 6.76. The molecule has 0 spiro atoms. The smallest absolute Gasteiger partial charge is 0.292 e. The van der Waals surface area contributed by atoms with E-state index in [1.165, 1.54) is 6.07 Å². The van der Waals surface area contributed by atoms with Gasteiger partial charge >= 0.3 is 0 Å². The molecule has 0 aromatic heterocycles. The molecule has 0 heterocycles. The Morgan fingerprint density at radius 1 is 1.25 bits per heavy atom. The van der Waals surface area contributed by atoms with Crippen molar-refractivity contribution in [1.29, 1.82) is 0 Å². The molecule has 6 heteroatoms. The number of para-hydroxylation sites is 2. The number of nitrogens with one attached hydrogen (secondary N) is 2. The molecule has 0 fully saturated rings. The number of nitro benzene ring substituents is 1. The van der Waals surface area contributed by atoms with Crippen LogP contribution in [0.2, 0.25) is 0 Å². The monoisotopic (exact) mass is 225 g/mol. The van der Waals surface area contributed by atoms with Gasteiger partial charge in [0.05, 0.1) is 11.5 Å². The van der Waals surface area contributed by atoms with Crippen molar-refractivity contribution in [3.05, 3.63) is 34.4 Å². The van der Waals surface area contributed by atoms with Gasteiger partial charge in [-0.2, -0.15) is 0 Å². The lowest BCUT2D eigenvalue weighted by Gasteiger charge is -2.07. The topological polar surface area (TPSA) is 87.4 Å². The molecule has 1 rings (SSSR count). The highest BCUT2D eigenvalue weighted by atomic mass is 16.6. The van der Waals surface area contributed by atoms with E-state index in [1.807, 2.05) is 0 Å². The molecule has 0 atom stereocenters. The molecule has 0 bridgehead atoms. The molecule has 0 aliphatic carbocycles. The van der Waals surface area contributed by atoms with E-state index < -0.39 is 4.92 Å². The zero-order valence-electron chi connectivity index (χ0n) is 8.85. The molecular weight excluding hydrogens is 210 g/mol. The van der Waals surface area contributed by atoms with Gasteiger partial charge in [-0.1, -0.05) is 12.1 Å². The van der Waals surface area contributed by atoms with E-state index >= 15 is 0 Å². The Bertz CT molecular complexity index is 344. The summed E-state index contributed by atoms with van der Waals surface area (Å²) < 4.78 is 0. The van der Waals surface area contributed by atoms with Crippen LogP contribution >= 0.6 is 0 Å². The van der Waals surface area contributed by atoms with E-state index in [2.05, 4.69) is 10.6 Å². The summed E-state index contributed by atoms with van der Waals surface area (Å²) in [4.78, 5) is 10.3. The number of anilines is 1. The van der Waals surface area contributed by atoms with Gasteiger partial charge in [0.1, 0.15) is 5.69 Å². The van der Waals surface area contributed by atoms with Gasteiger partial charge in [-0.3, -0.25) is 10.1 Å². The second-order valence-electron chi connectivity index (χ2n) is 3.17. The van der Waals surface area contributed by atoms with Gasteiger partial charge in [0.25, 0.3) is 5.69 Å². The number of nitro groups is 1. The van der Waals surface area contributed by atoms with Crippen LogP contribution in [-0.2, 0) is 0 Å². The van der Waals surface area contributed by atoms with Crippen molar-refractivity contribution in [2.75, 3.05) is 31.6 Å². The summed E-state index contributed by atoms with van der Waals surface area (Å²) in [6.07, 6.45) is 0. The molecule has 0 amide bonds. The largest absolute Gasteiger partial charge is 0.395 e. The third-order valence-electron chi connectivity index (χ3n) is 2.01. The molecule has 0 saturated carbocycles. The van der Waals surface area contributed by atoms with E-state index in [-0.39, 0.29) is 12.3 Å². The highest BCUT2D eigenvalue weighted by Gasteiger charge is 2.10. The minimum atomic E-state index is -0.413. The molecule has 0 aliphatic rings. The minimum absolute atomic E-state index is 0.0738. The summed E-state index contributed by atoms with van der Waals surface area (Å²) in [6.45, 7) is 1.83. The number of nitrogens with zero attached hydrogens (tertiary/aromatic N) is 1. The maximum Gasteiger partial charge on any atom is 0.292 e. The maximum absolute atomic E-state index is 10.7. The molecule has 0 unspecified atom stereocenters. The van der Waals surface area contributed by atoms with Crippen molar-refractivity contribution in [1.82, 2.24) is 5.32 Å². The van der Waals surface area contributed by atoms with Gasteiger partial charge in [-0.15, -0.1) is 0 Å². The van der Waals surface area contributed by atoms with E-state index in [0.29, 0.717) is 25.3 Å². The lowest BCUT2D eigenvalue weighted by molar-refractivity contribution is -0.384. The Morgan fingerprint density at radius 3 is 2.69 bits per heavy atom. The normalized spacial score (nSPS) is 10.1. The van der Waals surface area contributed by atoms with Crippen molar-refractivity contribution in [2.24, 2.45) is 0 Å². The van der Waals surface area contributed by atoms with Gasteiger partial charge in [0.15, 0.2) is 0 Å². The van der Waals surface area contributed by atoms with Crippen LogP contribution in [0, 0.1) is 10.1 Å². The molecule has 88 valence electrons. The van der Waals surface area contributed by atoms with Crippen molar-refractivity contribution < 1.29 is 10.0 Å². The van der Waals surface area contributed by atoms with Crippen LogP contribution < -0.4 is 10.6 Å². The van der Waals surface area contributed by atoms with Gasteiger partial charge < -0.3 is 15.7 Å². The summed E-state index contributed by atoms with van der Waals surface area (Å²) in [6, 6.07) is 6.51. The SMILES string of the molecule is O=[N+]([O-])c1ccccc1NCCNCCO. The maximum atomic E-state index is 10.7. The third-order valence-corrected chi connectivity index (χ3v) is 2.01. The van der Waals surface area contributed by atoms with Crippen LogP contribution in [0.5, 0.6) is 0 Å². The van der Waals surface area contributed by atoms with E-state index in [9.17, 15) is 10.1 Å². The molecule has 1 aromatic rings. The average molecular weight is 225 g/mol. The Labute approximate surface area is 93.4 Å². The third kappa shape index (κ3) is 3.84. The molecule has 0 radical (unpaired) electrons. The number of aliphatic hydroxyl groups excluding tert-OH is 1. The predicted octanol–water partition coefficient (Wildman–Crippen LogP) is 0.589. The Kier molecular flexibility index (Phi) is 5.24. The zero-order valence-corrected chi connectivity index (χ0v) is 8.85. The van der Waals surface area contributed by atoms with Crippen LogP contribution in [0.25, 0.3) is 0 Å². The van der Waals surface area contributed by atoms with Crippen LogP contribution in [0.1, 0.15) is 0 Å². The van der Waals surface area contributed by atoms with Crippen molar-refractivity contribution in [2.45, 2.75) is 0 Å². The van der Waals surface area contributed by atoms with Crippen molar-refractivity contribution >= 4 is 11.4 Å². The minimum Gasteiger partial charge on any atom is -0.395 e. The quantitative estimate of drug-likeness (QED) is 0.359. The first-order chi connectivity index (χ1) is 7.75. The first-order valence-corrected chi connectivity index (χ1v) is 5.04. The van der Waals surface area contributed by atoms with E-state index in [1.54, 1.807) is 18.2 Å². The second-order valence-corrected chi connectivity index (χ2v) is 3.17. The molecule has 0 aliphatic heterocycles. The van der Waals surface area contributed by atoms with Crippen LogP contribution in [0.4, 0.5) is 11.4 Å². The fraction of sp³-hybridized carbons (Fsp3) is 0.400. The lowest BCUT2D eigenvalue weighted by Crippen LogP contribution is -2.25. The first-order valence-electron chi connectivity index (χ1n) is 5.04. The molecule has 0 saturated heterocycles. The van der Waals surface area contributed by atoms with Crippen LogP contribution in [0.3, 0.4) is 0 Å². The lowest BCUT2D eigenvalue weighted by atomic mass is 10.2. The number of hydrogen-bond donors (Lipinski definition) is 3. The predicted molar refractivity (Wildman–Crippen MR) is 61.5 cm³/mol. The van der Waals surface area contributed by atoms with Crippen molar-refractivity contribution in [3.63, 3.8) is 0 Å². The summed E-state index contributed by atoms with van der Waals surface area (Å²) in [5.41, 5.74) is 0.586. The summed E-state index contributed by atoms with van der Waals surface area (Å²) >= 11 is 0. The summed E-state index contributed by atoms with van der Waals surface area (Å²) in [7, 11) is 0. The molecule has 1 aromatic carbocycles. The van der Waals surface area contributed by atoms with Gasteiger partial charge in [-0.25, -0.2) is 0 Å². The molecule has 3 N–H and O–H groups in total. The summed E-state index contributed by atoms with van der Waals surface area (Å²) in [5.74, 6) is 0. The standard InChI is InChI=1S/C10H15N3O3/c14-8-7-11-5-6-12-9-3-1-2-4-10(9)13(15)16/h1-4,11-12,14H,5-8H2. The van der Waals surface area contributed by atoms with E-state index in [0.717, 1.165) is 0 Å². The highest BCUT2D eigenvalue weighted by Crippen LogP contribution is 2.22. The fourth-order valence-corrected chi connectivity index (χ4v) is 1.27. The van der Waals surface area contributed by atoms with Crippen LogP contribution in [-0.4, -0.2) is 36.3 Å². The number of hydrogen-bond acceptors (Lipinski definition) is 5. The Balaban J connectivity index is 2.44. The summed E-state index contributed by atoms with van der Waals surface area (Å²) in [5, 5.41) is 25.1. The molecule has 16 heavy (non-hydrogen) atoms. The number of benzene rings is 1. The zero-order chi connectivity index (χ0) is 11.8.